The first kappa shape index (κ1) is 13.8. The molecule has 1 atom stereocenters. The maximum atomic E-state index is 10.4. The molecule has 0 bridgehead atoms. The molecule has 0 aliphatic carbocycles. The lowest BCUT2D eigenvalue weighted by molar-refractivity contribution is -0.137. The van der Waals surface area contributed by atoms with Gasteiger partial charge in [-0.15, -0.1) is 0 Å². The predicted octanol–water partition coefficient (Wildman–Crippen LogP) is 0.648. The van der Waals surface area contributed by atoms with E-state index in [1.807, 2.05) is 0 Å². The van der Waals surface area contributed by atoms with Crippen LogP contribution in [-0.2, 0) is 9.53 Å². The van der Waals surface area contributed by atoms with Crippen LogP contribution in [0.15, 0.2) is 0 Å². The summed E-state index contributed by atoms with van der Waals surface area (Å²) in [4.78, 5) is 15.3. The normalized spacial score (nSPS) is 26.6. The van der Waals surface area contributed by atoms with E-state index in [-0.39, 0.29) is 6.42 Å². The fourth-order valence-corrected chi connectivity index (χ4v) is 2.73. The lowest BCUT2D eigenvalue weighted by Gasteiger charge is -2.35. The Hall–Kier alpha value is -0.650. The van der Waals surface area contributed by atoms with Gasteiger partial charge in [-0.2, -0.15) is 0 Å². The highest BCUT2D eigenvalue weighted by atomic mass is 16.5. The van der Waals surface area contributed by atoms with Crippen molar-refractivity contribution in [1.29, 1.82) is 0 Å². The largest absolute Gasteiger partial charge is 0.481 e. The lowest BCUT2D eigenvalue weighted by Crippen LogP contribution is -2.48. The van der Waals surface area contributed by atoms with Gasteiger partial charge in [-0.3, -0.25) is 9.69 Å². The first-order chi connectivity index (χ1) is 8.74. The van der Waals surface area contributed by atoms with Crippen LogP contribution in [0.4, 0.5) is 0 Å². The summed E-state index contributed by atoms with van der Waals surface area (Å²) in [6, 6.07) is 0. The molecule has 104 valence electrons. The van der Waals surface area contributed by atoms with E-state index in [0.29, 0.717) is 6.10 Å². The molecule has 0 amide bonds. The van der Waals surface area contributed by atoms with Crippen LogP contribution >= 0.6 is 0 Å². The molecule has 5 nitrogen and oxygen atoms in total. The van der Waals surface area contributed by atoms with Crippen LogP contribution in [0.2, 0.25) is 0 Å². The number of nitrogens with zero attached hydrogens (tertiary/aromatic N) is 2. The number of carbonyl (C=O) groups is 1. The summed E-state index contributed by atoms with van der Waals surface area (Å²) in [5.74, 6) is -0.688. The smallest absolute Gasteiger partial charge is 0.303 e. The standard InChI is InChI=1S/C13H24N2O3/c16-13(17)4-1-5-14-6-8-15(9-7-14)11-12-3-2-10-18-12/h12H,1-11H2,(H,16,17). The summed E-state index contributed by atoms with van der Waals surface area (Å²) >= 11 is 0. The second-order valence-electron chi connectivity index (χ2n) is 5.27. The van der Waals surface area contributed by atoms with Gasteiger partial charge < -0.3 is 14.7 Å². The third kappa shape index (κ3) is 4.55. The molecule has 1 unspecified atom stereocenters. The molecule has 2 aliphatic heterocycles. The Labute approximate surface area is 109 Å². The van der Waals surface area contributed by atoms with Crippen molar-refractivity contribution in [3.63, 3.8) is 0 Å². The zero-order valence-corrected chi connectivity index (χ0v) is 11.0. The molecule has 1 N–H and O–H groups in total. The van der Waals surface area contributed by atoms with Gasteiger partial charge in [0.05, 0.1) is 6.10 Å². The van der Waals surface area contributed by atoms with E-state index in [4.69, 9.17) is 9.84 Å². The summed E-state index contributed by atoms with van der Waals surface area (Å²) in [5, 5.41) is 8.60. The summed E-state index contributed by atoms with van der Waals surface area (Å²) in [6.07, 6.45) is 3.92. The topological polar surface area (TPSA) is 53.0 Å². The van der Waals surface area contributed by atoms with Gasteiger partial charge in [0.15, 0.2) is 0 Å². The zero-order valence-electron chi connectivity index (χ0n) is 11.0. The van der Waals surface area contributed by atoms with E-state index in [0.717, 1.165) is 52.3 Å². The molecule has 2 saturated heterocycles. The molecule has 0 aromatic heterocycles. The Balaban J connectivity index is 1.57. The van der Waals surface area contributed by atoms with Crippen molar-refractivity contribution in [3.05, 3.63) is 0 Å². The minimum atomic E-state index is -0.688. The van der Waals surface area contributed by atoms with Crippen LogP contribution in [0, 0.1) is 0 Å². The van der Waals surface area contributed by atoms with E-state index in [2.05, 4.69) is 9.80 Å². The minimum absolute atomic E-state index is 0.288. The summed E-state index contributed by atoms with van der Waals surface area (Å²) < 4.78 is 5.65. The van der Waals surface area contributed by atoms with Gasteiger partial charge >= 0.3 is 5.97 Å². The van der Waals surface area contributed by atoms with Crippen molar-refractivity contribution in [1.82, 2.24) is 9.80 Å². The molecule has 5 heteroatoms. The van der Waals surface area contributed by atoms with Gasteiger partial charge in [-0.25, -0.2) is 0 Å². The third-order valence-electron chi connectivity index (χ3n) is 3.82. The summed E-state index contributed by atoms with van der Waals surface area (Å²) in [5.41, 5.74) is 0. The third-order valence-corrected chi connectivity index (χ3v) is 3.82. The average Bonchev–Trinajstić information content (AvgIpc) is 2.84. The summed E-state index contributed by atoms with van der Waals surface area (Å²) in [7, 11) is 0. The van der Waals surface area contributed by atoms with Gasteiger partial charge in [0.2, 0.25) is 0 Å². The lowest BCUT2D eigenvalue weighted by atomic mass is 10.2. The van der Waals surface area contributed by atoms with Crippen molar-refractivity contribution in [2.75, 3.05) is 45.9 Å². The number of piperazine rings is 1. The molecule has 2 fully saturated rings. The fraction of sp³-hybridized carbons (Fsp3) is 0.923. The first-order valence-corrected chi connectivity index (χ1v) is 7.02. The highest BCUT2D eigenvalue weighted by Gasteiger charge is 2.22. The zero-order chi connectivity index (χ0) is 12.8. The molecule has 0 aromatic carbocycles. The maximum absolute atomic E-state index is 10.4. The first-order valence-electron chi connectivity index (χ1n) is 7.02. The van der Waals surface area contributed by atoms with Crippen molar-refractivity contribution in [3.8, 4) is 0 Å². The van der Waals surface area contributed by atoms with Crippen molar-refractivity contribution >= 4 is 5.97 Å². The van der Waals surface area contributed by atoms with Crippen molar-refractivity contribution < 1.29 is 14.6 Å². The van der Waals surface area contributed by atoms with Gasteiger partial charge in [0.25, 0.3) is 0 Å². The van der Waals surface area contributed by atoms with E-state index in [9.17, 15) is 4.79 Å². The molecule has 18 heavy (non-hydrogen) atoms. The van der Waals surface area contributed by atoms with E-state index in [1.165, 1.54) is 12.8 Å². The molecule has 2 heterocycles. The number of hydrogen-bond donors (Lipinski definition) is 1. The van der Waals surface area contributed by atoms with E-state index >= 15 is 0 Å². The highest BCUT2D eigenvalue weighted by Crippen LogP contribution is 2.14. The van der Waals surface area contributed by atoms with Crippen molar-refractivity contribution in [2.24, 2.45) is 0 Å². The molecule has 0 spiro atoms. The number of hydrogen-bond acceptors (Lipinski definition) is 4. The Morgan fingerprint density at radius 2 is 1.94 bits per heavy atom. The van der Waals surface area contributed by atoms with Crippen LogP contribution in [-0.4, -0.2) is 72.9 Å². The number of carboxylic acids is 1. The maximum Gasteiger partial charge on any atom is 0.303 e. The Bertz CT molecular complexity index is 259. The molecule has 2 rings (SSSR count). The second-order valence-corrected chi connectivity index (χ2v) is 5.27. The predicted molar refractivity (Wildman–Crippen MR) is 68.7 cm³/mol. The minimum Gasteiger partial charge on any atom is -0.481 e. The fourth-order valence-electron chi connectivity index (χ4n) is 2.73. The Morgan fingerprint density at radius 3 is 2.56 bits per heavy atom. The molecule has 0 aromatic rings. The van der Waals surface area contributed by atoms with Crippen LogP contribution < -0.4 is 0 Å². The number of carboxylic acid groups (broad SMARTS) is 1. The van der Waals surface area contributed by atoms with Crippen LogP contribution in [0.1, 0.15) is 25.7 Å². The summed E-state index contributed by atoms with van der Waals surface area (Å²) in [6.45, 7) is 7.22. The van der Waals surface area contributed by atoms with E-state index in [1.54, 1.807) is 0 Å². The van der Waals surface area contributed by atoms with Crippen molar-refractivity contribution in [2.45, 2.75) is 31.8 Å². The molecule has 0 radical (unpaired) electrons. The Morgan fingerprint density at radius 1 is 1.22 bits per heavy atom. The van der Waals surface area contributed by atoms with Gasteiger partial charge in [0.1, 0.15) is 0 Å². The molecular weight excluding hydrogens is 232 g/mol. The van der Waals surface area contributed by atoms with Gasteiger partial charge in [0, 0.05) is 45.8 Å². The molecule has 0 saturated carbocycles. The number of rotatable bonds is 6. The van der Waals surface area contributed by atoms with E-state index < -0.39 is 5.97 Å². The van der Waals surface area contributed by atoms with Crippen LogP contribution in [0.3, 0.4) is 0 Å². The second kappa shape index (κ2) is 7.07. The highest BCUT2D eigenvalue weighted by molar-refractivity contribution is 5.66. The number of ether oxygens (including phenoxy) is 1. The van der Waals surface area contributed by atoms with Gasteiger partial charge in [-0.1, -0.05) is 0 Å². The molecular formula is C13H24N2O3. The van der Waals surface area contributed by atoms with Crippen LogP contribution in [0.5, 0.6) is 0 Å². The molecule has 2 aliphatic rings. The number of aliphatic carboxylic acids is 1. The van der Waals surface area contributed by atoms with Gasteiger partial charge in [-0.05, 0) is 25.8 Å². The quantitative estimate of drug-likeness (QED) is 0.756. The monoisotopic (exact) mass is 256 g/mol. The SMILES string of the molecule is O=C(O)CCCN1CCN(CC2CCCO2)CC1. The average molecular weight is 256 g/mol. The van der Waals surface area contributed by atoms with Crippen LogP contribution in [0.25, 0.3) is 0 Å². The Kier molecular flexibility index (Phi) is 5.41.